The van der Waals surface area contributed by atoms with Gasteiger partial charge in [-0.2, -0.15) is 0 Å². The molecule has 26 heavy (non-hydrogen) atoms. The molecule has 6 nitrogen and oxygen atoms in total. The maximum atomic E-state index is 12.7. The molecule has 2 heterocycles. The smallest absolute Gasteiger partial charge is 0.253 e. The molecule has 1 aromatic carbocycles. The van der Waals surface area contributed by atoms with E-state index in [1.54, 1.807) is 17.6 Å². The monoisotopic (exact) mass is 371 g/mol. The minimum Gasteiger partial charge on any atom is -0.487 e. The van der Waals surface area contributed by atoms with Crippen LogP contribution >= 0.6 is 11.3 Å². The molecule has 1 saturated carbocycles. The summed E-state index contributed by atoms with van der Waals surface area (Å²) >= 11 is 1.54. The normalized spacial score (nSPS) is 17.2. The SMILES string of the molecule is O=C(c1ccc(OCc2cscn2)cc1)N1CCN(C(=O)C2CC2)CC1. The molecule has 2 aromatic rings. The number of hydrogen-bond acceptors (Lipinski definition) is 5. The molecule has 2 amide bonds. The van der Waals surface area contributed by atoms with Crippen LogP contribution in [-0.4, -0.2) is 52.8 Å². The standard InChI is InChI=1S/C19H21N3O3S/c23-18(14-1-2-14)21-7-9-22(10-8-21)19(24)15-3-5-17(6-4-15)25-11-16-12-26-13-20-16/h3-6,12-14H,1-2,7-11H2. The Hall–Kier alpha value is -2.41. The fourth-order valence-corrected chi connectivity index (χ4v) is 3.60. The van der Waals surface area contributed by atoms with Crippen LogP contribution in [0, 0.1) is 5.92 Å². The Balaban J connectivity index is 1.29. The summed E-state index contributed by atoms with van der Waals surface area (Å²) in [5, 5.41) is 1.95. The number of benzene rings is 1. The molecule has 0 atom stereocenters. The van der Waals surface area contributed by atoms with E-state index < -0.39 is 0 Å². The van der Waals surface area contributed by atoms with E-state index in [4.69, 9.17) is 4.74 Å². The van der Waals surface area contributed by atoms with Gasteiger partial charge in [-0.3, -0.25) is 9.59 Å². The van der Waals surface area contributed by atoms with Crippen molar-refractivity contribution in [2.45, 2.75) is 19.4 Å². The number of piperazine rings is 1. The number of nitrogens with zero attached hydrogens (tertiary/aromatic N) is 3. The van der Waals surface area contributed by atoms with Crippen LogP contribution in [-0.2, 0) is 11.4 Å². The van der Waals surface area contributed by atoms with E-state index in [2.05, 4.69) is 4.98 Å². The minimum atomic E-state index is 0.00886. The summed E-state index contributed by atoms with van der Waals surface area (Å²) < 4.78 is 5.67. The maximum absolute atomic E-state index is 12.7. The highest BCUT2D eigenvalue weighted by atomic mass is 32.1. The van der Waals surface area contributed by atoms with E-state index in [0.29, 0.717) is 38.3 Å². The van der Waals surface area contributed by atoms with Crippen LogP contribution < -0.4 is 4.74 Å². The van der Waals surface area contributed by atoms with Gasteiger partial charge in [0.05, 0.1) is 11.2 Å². The van der Waals surface area contributed by atoms with Gasteiger partial charge in [0.25, 0.3) is 5.91 Å². The van der Waals surface area contributed by atoms with Crippen molar-refractivity contribution in [1.82, 2.24) is 14.8 Å². The first kappa shape index (κ1) is 17.0. The molecule has 0 N–H and O–H groups in total. The first-order valence-corrected chi connectivity index (χ1v) is 9.83. The summed E-state index contributed by atoms with van der Waals surface area (Å²) in [7, 11) is 0. The van der Waals surface area contributed by atoms with E-state index in [0.717, 1.165) is 24.3 Å². The molecule has 1 aliphatic heterocycles. The highest BCUT2D eigenvalue weighted by molar-refractivity contribution is 7.07. The van der Waals surface area contributed by atoms with Gasteiger partial charge in [0.1, 0.15) is 12.4 Å². The summed E-state index contributed by atoms with van der Waals surface area (Å²) in [6, 6.07) is 7.21. The predicted octanol–water partition coefficient (Wildman–Crippen LogP) is 2.42. The average Bonchev–Trinajstić information content (AvgIpc) is 3.41. The van der Waals surface area contributed by atoms with Crippen molar-refractivity contribution in [2.24, 2.45) is 5.92 Å². The molecule has 2 fully saturated rings. The van der Waals surface area contributed by atoms with Crippen molar-refractivity contribution in [3.05, 3.63) is 46.4 Å². The number of thiazole rings is 1. The van der Waals surface area contributed by atoms with Crippen LogP contribution in [0.5, 0.6) is 5.75 Å². The van der Waals surface area contributed by atoms with Crippen molar-refractivity contribution in [1.29, 1.82) is 0 Å². The Kier molecular flexibility index (Phi) is 4.88. The summed E-state index contributed by atoms with van der Waals surface area (Å²) in [5.41, 5.74) is 3.32. The Morgan fingerprint density at radius 3 is 2.38 bits per heavy atom. The summed E-state index contributed by atoms with van der Waals surface area (Å²) in [4.78, 5) is 32.6. The Bertz CT molecular complexity index is 764. The molecule has 0 bridgehead atoms. The molecule has 2 aliphatic rings. The van der Waals surface area contributed by atoms with E-state index in [9.17, 15) is 9.59 Å². The van der Waals surface area contributed by atoms with Gasteiger partial charge >= 0.3 is 0 Å². The lowest BCUT2D eigenvalue weighted by Crippen LogP contribution is -2.51. The molecular weight excluding hydrogens is 350 g/mol. The number of carbonyl (C=O) groups excluding carboxylic acids is 2. The second-order valence-corrected chi connectivity index (χ2v) is 7.40. The zero-order chi connectivity index (χ0) is 17.9. The van der Waals surface area contributed by atoms with Gasteiger partial charge in [0.2, 0.25) is 5.91 Å². The van der Waals surface area contributed by atoms with Gasteiger partial charge in [-0.1, -0.05) is 0 Å². The second kappa shape index (κ2) is 7.45. The Morgan fingerprint density at radius 1 is 1.08 bits per heavy atom. The number of rotatable bonds is 5. The molecular formula is C19H21N3O3S. The van der Waals surface area contributed by atoms with Crippen molar-refractivity contribution >= 4 is 23.2 Å². The number of hydrogen-bond donors (Lipinski definition) is 0. The molecule has 7 heteroatoms. The lowest BCUT2D eigenvalue weighted by atomic mass is 10.1. The molecule has 4 rings (SSSR count). The quantitative estimate of drug-likeness (QED) is 0.810. The van der Waals surface area contributed by atoms with Crippen LogP contribution in [0.15, 0.2) is 35.2 Å². The number of carbonyl (C=O) groups is 2. The highest BCUT2D eigenvalue weighted by Gasteiger charge is 2.35. The second-order valence-electron chi connectivity index (χ2n) is 6.68. The molecule has 0 spiro atoms. The fourth-order valence-electron chi connectivity index (χ4n) is 3.06. The topological polar surface area (TPSA) is 62.7 Å². The fraction of sp³-hybridized carbons (Fsp3) is 0.421. The zero-order valence-corrected chi connectivity index (χ0v) is 15.3. The van der Waals surface area contributed by atoms with Crippen molar-refractivity contribution < 1.29 is 14.3 Å². The molecule has 1 saturated heterocycles. The van der Waals surface area contributed by atoms with Crippen LogP contribution in [0.3, 0.4) is 0 Å². The van der Waals surface area contributed by atoms with Gasteiger partial charge in [-0.25, -0.2) is 4.98 Å². The van der Waals surface area contributed by atoms with Crippen LogP contribution in [0.1, 0.15) is 28.9 Å². The molecule has 0 unspecified atom stereocenters. The third-order valence-electron chi connectivity index (χ3n) is 4.78. The Labute approximate surface area is 156 Å². The van der Waals surface area contributed by atoms with E-state index in [1.165, 1.54) is 11.3 Å². The van der Waals surface area contributed by atoms with Gasteiger partial charge < -0.3 is 14.5 Å². The van der Waals surface area contributed by atoms with Gasteiger partial charge in [-0.05, 0) is 37.1 Å². The largest absolute Gasteiger partial charge is 0.487 e. The molecule has 1 aromatic heterocycles. The lowest BCUT2D eigenvalue weighted by Gasteiger charge is -2.35. The van der Waals surface area contributed by atoms with Gasteiger partial charge in [0, 0.05) is 43.0 Å². The number of aromatic nitrogens is 1. The average molecular weight is 371 g/mol. The highest BCUT2D eigenvalue weighted by Crippen LogP contribution is 2.31. The number of amides is 2. The Morgan fingerprint density at radius 2 is 1.77 bits per heavy atom. The maximum Gasteiger partial charge on any atom is 0.253 e. The van der Waals surface area contributed by atoms with Gasteiger partial charge in [0.15, 0.2) is 0 Å². The summed E-state index contributed by atoms with van der Waals surface area (Å²) in [6.45, 7) is 2.89. The summed E-state index contributed by atoms with van der Waals surface area (Å²) in [5.74, 6) is 1.23. The third kappa shape index (κ3) is 3.88. The first-order valence-electron chi connectivity index (χ1n) is 8.89. The lowest BCUT2D eigenvalue weighted by molar-refractivity contribution is -0.134. The molecule has 0 radical (unpaired) electrons. The van der Waals surface area contributed by atoms with Crippen LogP contribution in [0.2, 0.25) is 0 Å². The molecule has 1 aliphatic carbocycles. The van der Waals surface area contributed by atoms with E-state index in [-0.39, 0.29) is 17.7 Å². The van der Waals surface area contributed by atoms with E-state index in [1.807, 2.05) is 27.3 Å². The zero-order valence-electron chi connectivity index (χ0n) is 14.5. The van der Waals surface area contributed by atoms with Crippen molar-refractivity contribution in [3.63, 3.8) is 0 Å². The predicted molar refractivity (Wildman–Crippen MR) is 98.1 cm³/mol. The van der Waals surface area contributed by atoms with E-state index >= 15 is 0 Å². The number of ether oxygens (including phenoxy) is 1. The van der Waals surface area contributed by atoms with Crippen LogP contribution in [0.25, 0.3) is 0 Å². The van der Waals surface area contributed by atoms with Crippen LogP contribution in [0.4, 0.5) is 0 Å². The van der Waals surface area contributed by atoms with Crippen molar-refractivity contribution in [2.75, 3.05) is 26.2 Å². The van der Waals surface area contributed by atoms with Gasteiger partial charge in [-0.15, -0.1) is 11.3 Å². The third-order valence-corrected chi connectivity index (χ3v) is 5.41. The summed E-state index contributed by atoms with van der Waals surface area (Å²) in [6.07, 6.45) is 2.05. The minimum absolute atomic E-state index is 0.00886. The van der Waals surface area contributed by atoms with Crippen molar-refractivity contribution in [3.8, 4) is 5.75 Å². The molecule has 136 valence electrons. The first-order chi connectivity index (χ1) is 12.7.